The number of hydrogen-bond donors (Lipinski definition) is 13. The molecular formula is C57H78FN15O11S. The molecule has 2 fully saturated rings. The third kappa shape index (κ3) is 19.3. The summed E-state index contributed by atoms with van der Waals surface area (Å²) in [5, 5.41) is 24.3. The summed E-state index contributed by atoms with van der Waals surface area (Å²) in [5.41, 5.74) is 12.9. The van der Waals surface area contributed by atoms with E-state index < -0.39 is 138 Å². The molecule has 2 saturated heterocycles. The fourth-order valence-electron chi connectivity index (χ4n) is 9.91. The number of nitrogens with zero attached hydrogens (tertiary/aromatic N) is 2. The maximum Gasteiger partial charge on any atom is 0.246 e. The Morgan fingerprint density at radius 2 is 1.39 bits per heavy atom. The van der Waals surface area contributed by atoms with Crippen LogP contribution in [0.5, 0.6) is 0 Å². The van der Waals surface area contributed by atoms with Gasteiger partial charge in [-0.25, -0.2) is 9.37 Å². The van der Waals surface area contributed by atoms with Crippen LogP contribution in [-0.2, 0) is 72.0 Å². The molecular weight excluding hydrogens is 1120 g/mol. The van der Waals surface area contributed by atoms with Crippen molar-refractivity contribution in [2.24, 2.45) is 23.3 Å². The number of nitrogens with one attached hydrogen (secondary N) is 11. The van der Waals surface area contributed by atoms with E-state index in [2.05, 4.69) is 62.8 Å². The number of aromatic nitrogens is 3. The Labute approximate surface area is 495 Å². The second kappa shape index (κ2) is 31.5. The lowest BCUT2D eigenvalue weighted by atomic mass is 10.0. The van der Waals surface area contributed by atoms with Gasteiger partial charge < -0.3 is 74.2 Å². The number of nitrogens with two attached hydrogens (primary N) is 2. The Kier molecular flexibility index (Phi) is 24.4. The highest BCUT2D eigenvalue weighted by atomic mass is 32.2. The molecule has 2 aromatic heterocycles. The van der Waals surface area contributed by atoms with Gasteiger partial charge in [0.05, 0.1) is 24.8 Å². The zero-order valence-corrected chi connectivity index (χ0v) is 49.0. The lowest BCUT2D eigenvalue weighted by Gasteiger charge is -2.29. The van der Waals surface area contributed by atoms with Gasteiger partial charge in [-0.15, -0.1) is 11.8 Å². The number of primary amides is 2. The summed E-state index contributed by atoms with van der Waals surface area (Å²) in [5.74, 6) is -9.14. The molecule has 11 amide bonds. The van der Waals surface area contributed by atoms with Crippen LogP contribution in [0.15, 0.2) is 67.3 Å². The molecule has 460 valence electrons. The van der Waals surface area contributed by atoms with Crippen molar-refractivity contribution in [2.75, 3.05) is 24.7 Å². The van der Waals surface area contributed by atoms with E-state index in [1.165, 1.54) is 54.4 Å². The van der Waals surface area contributed by atoms with Gasteiger partial charge in [0, 0.05) is 60.4 Å². The summed E-state index contributed by atoms with van der Waals surface area (Å²) in [6.07, 6.45) is 5.54. The standard InChI is InChI=1S/C57H78FN15O11S/c1-30(2)20-43(57(84)73-29-85-27-44(73)49(60)76)71-55(82)42(23-35-25-61-28-65-35)67-46(75)26-64-56(83)48(31(3)4)72-50(77)32(5)66-53(80)41(22-34-24-63-37-16-11-14-36(58)47(34)37)70-52(79)39(17-18-45(59)74)68-54(81)40(21-33-12-7-6-8-13-33)69-51(78)38-15-9-10-19-62-38/h6-8,11-14,16,24-25,28,30-32,38-44,48,62-63H,9-10,15,17-23,26-27,29H2,1-5H3,(H2,59,74)(H2,60,76)(H,61,65)(H,64,83)(H,66,80)(H,67,75)(H,68,81)(H,69,78)(H,70,79)(H,71,82)(H,72,77)/t32-,38-,39-,40+,41-,42-,43-,44-,48-/m0/s1. The third-order valence-corrected chi connectivity index (χ3v) is 15.5. The van der Waals surface area contributed by atoms with E-state index in [0.717, 1.165) is 12.8 Å². The van der Waals surface area contributed by atoms with E-state index >= 15 is 4.39 Å². The number of H-pyrrole nitrogens is 2. The molecule has 2 aromatic carbocycles. The number of hydrogen-bond acceptors (Lipinski definition) is 14. The molecule has 2 aliphatic rings. The Bertz CT molecular complexity index is 3010. The van der Waals surface area contributed by atoms with Crippen LogP contribution in [0, 0.1) is 17.7 Å². The van der Waals surface area contributed by atoms with Crippen molar-refractivity contribution in [3.63, 3.8) is 0 Å². The van der Waals surface area contributed by atoms with E-state index in [-0.39, 0.29) is 61.3 Å². The summed E-state index contributed by atoms with van der Waals surface area (Å²) in [7, 11) is 0. The summed E-state index contributed by atoms with van der Waals surface area (Å²) < 4.78 is 15.4. The SMILES string of the molecule is CC(C)C[C@H](NC(=O)[C@H](Cc1cnc[nH]1)NC(=O)CNC(=O)[C@@H](NC(=O)[C@H](C)NC(=O)[C@H](Cc1c[nH]c2cccc(F)c12)NC(=O)[C@H](CCC(N)=O)NC(=O)[C@@H](Cc1ccccc1)NC(=O)[C@@H]1CCCCN1)C(C)C)C(=O)N1CSC[C@H]1C(N)=O. The number of imidazole rings is 1. The molecule has 15 N–H and O–H groups in total. The van der Waals surface area contributed by atoms with Crippen LogP contribution in [0.4, 0.5) is 4.39 Å². The molecule has 4 aromatic rings. The Hall–Kier alpha value is -8.40. The first kappa shape index (κ1) is 65.7. The first-order chi connectivity index (χ1) is 40.5. The quantitative estimate of drug-likeness (QED) is 0.0301. The fourth-order valence-corrected chi connectivity index (χ4v) is 11.1. The number of benzene rings is 2. The van der Waals surface area contributed by atoms with Gasteiger partial charge in [0.25, 0.3) is 0 Å². The van der Waals surface area contributed by atoms with Crippen molar-refractivity contribution in [2.45, 2.75) is 147 Å². The minimum Gasteiger partial charge on any atom is -0.370 e. The molecule has 6 rings (SSSR count). The molecule has 0 spiro atoms. The first-order valence-electron chi connectivity index (χ1n) is 28.3. The minimum absolute atomic E-state index is 0.0290. The van der Waals surface area contributed by atoms with Crippen LogP contribution in [-0.4, -0.2) is 164 Å². The minimum atomic E-state index is -1.58. The number of piperidine rings is 1. The van der Waals surface area contributed by atoms with E-state index in [1.54, 1.807) is 50.2 Å². The summed E-state index contributed by atoms with van der Waals surface area (Å²) in [6, 6.07) is 2.36. The van der Waals surface area contributed by atoms with Crippen LogP contribution < -0.4 is 59.3 Å². The highest BCUT2D eigenvalue weighted by Crippen LogP contribution is 2.25. The van der Waals surface area contributed by atoms with Gasteiger partial charge in [0.15, 0.2) is 0 Å². The summed E-state index contributed by atoms with van der Waals surface area (Å²) in [6.45, 7) is 8.19. The predicted molar refractivity (Wildman–Crippen MR) is 312 cm³/mol. The number of amides is 11. The number of fused-ring (bicyclic) bond motifs is 1. The molecule has 0 radical (unpaired) electrons. The average Bonchev–Trinajstić information content (AvgIpc) is 3.85. The normalized spacial score (nSPS) is 17.5. The lowest BCUT2D eigenvalue weighted by Crippen LogP contribution is -2.60. The monoisotopic (exact) mass is 1200 g/mol. The second-order valence-corrected chi connectivity index (χ2v) is 23.1. The van der Waals surface area contributed by atoms with E-state index in [4.69, 9.17) is 11.5 Å². The molecule has 0 unspecified atom stereocenters. The molecule has 9 atom stereocenters. The van der Waals surface area contributed by atoms with Crippen molar-refractivity contribution >= 4 is 87.6 Å². The molecule has 85 heavy (non-hydrogen) atoms. The highest BCUT2D eigenvalue weighted by Gasteiger charge is 2.39. The number of halogens is 1. The Balaban J connectivity index is 1.14. The van der Waals surface area contributed by atoms with E-state index in [9.17, 15) is 52.7 Å². The number of carbonyl (C=O) groups is 11. The second-order valence-electron chi connectivity index (χ2n) is 22.1. The molecule has 0 bridgehead atoms. The third-order valence-electron chi connectivity index (χ3n) is 14.5. The van der Waals surface area contributed by atoms with Crippen molar-refractivity contribution < 1.29 is 57.1 Å². The number of aromatic amines is 2. The van der Waals surface area contributed by atoms with Gasteiger partial charge in [0.2, 0.25) is 65.0 Å². The van der Waals surface area contributed by atoms with Crippen molar-refractivity contribution in [1.29, 1.82) is 0 Å². The van der Waals surface area contributed by atoms with Gasteiger partial charge in [-0.1, -0.05) is 70.5 Å². The van der Waals surface area contributed by atoms with Gasteiger partial charge in [0.1, 0.15) is 54.2 Å². The molecule has 4 heterocycles. The Morgan fingerprint density at radius 1 is 0.718 bits per heavy atom. The van der Waals surface area contributed by atoms with Crippen molar-refractivity contribution in [1.82, 2.24) is 67.7 Å². The van der Waals surface area contributed by atoms with Crippen LogP contribution >= 0.6 is 11.8 Å². The van der Waals surface area contributed by atoms with E-state index in [0.29, 0.717) is 35.5 Å². The predicted octanol–water partition coefficient (Wildman–Crippen LogP) is -0.916. The molecule has 26 nitrogen and oxygen atoms in total. The fraction of sp³-hybridized carbons (Fsp3) is 0.509. The lowest BCUT2D eigenvalue weighted by molar-refractivity contribution is -0.141. The van der Waals surface area contributed by atoms with Crippen LogP contribution in [0.3, 0.4) is 0 Å². The molecule has 2 aliphatic heterocycles. The van der Waals surface area contributed by atoms with Gasteiger partial charge >= 0.3 is 0 Å². The van der Waals surface area contributed by atoms with Gasteiger partial charge in [-0.3, -0.25) is 52.7 Å². The van der Waals surface area contributed by atoms with E-state index in [1.807, 2.05) is 13.8 Å². The summed E-state index contributed by atoms with van der Waals surface area (Å²) in [4.78, 5) is 161. The topological polar surface area (TPSA) is 396 Å². The van der Waals surface area contributed by atoms with Crippen LogP contribution in [0.1, 0.15) is 90.0 Å². The first-order valence-corrected chi connectivity index (χ1v) is 29.5. The smallest absolute Gasteiger partial charge is 0.246 e. The zero-order valence-electron chi connectivity index (χ0n) is 48.2. The Morgan fingerprint density at radius 3 is 2.04 bits per heavy atom. The molecule has 0 aliphatic carbocycles. The van der Waals surface area contributed by atoms with Crippen LogP contribution in [0.2, 0.25) is 0 Å². The zero-order chi connectivity index (χ0) is 61.9. The maximum absolute atomic E-state index is 15.4. The molecule has 28 heteroatoms. The maximum atomic E-state index is 15.4. The highest BCUT2D eigenvalue weighted by molar-refractivity contribution is 7.99. The molecule has 0 saturated carbocycles. The van der Waals surface area contributed by atoms with Gasteiger partial charge in [-0.2, -0.15) is 0 Å². The largest absolute Gasteiger partial charge is 0.370 e. The van der Waals surface area contributed by atoms with Gasteiger partial charge in [-0.05, 0) is 74.2 Å². The van der Waals surface area contributed by atoms with Crippen LogP contribution in [0.25, 0.3) is 10.9 Å². The van der Waals surface area contributed by atoms with Crippen molar-refractivity contribution in [3.05, 3.63) is 89.9 Å². The van der Waals surface area contributed by atoms with Crippen molar-refractivity contribution in [3.8, 4) is 0 Å². The number of rotatable bonds is 30. The number of carbonyl (C=O) groups excluding carboxylic acids is 11. The average molecular weight is 1200 g/mol. The number of thioether (sulfide) groups is 1. The summed E-state index contributed by atoms with van der Waals surface area (Å²) >= 11 is 1.35.